The van der Waals surface area contributed by atoms with Gasteiger partial charge in [-0.25, -0.2) is 15.0 Å². The number of β-amino-alcohol motifs (C(OH)–C–C–N with tert-alkyl or cyclic N) is 1. The summed E-state index contributed by atoms with van der Waals surface area (Å²) in [6.07, 6.45) is 8.34. The van der Waals surface area contributed by atoms with Gasteiger partial charge in [0.15, 0.2) is 5.13 Å². The van der Waals surface area contributed by atoms with Gasteiger partial charge in [0.05, 0.1) is 16.3 Å². The minimum atomic E-state index is -0.442. The molecule has 33 heavy (non-hydrogen) atoms. The fraction of sp³-hybridized carbons (Fsp3) is 0.478. The van der Waals surface area contributed by atoms with Crippen molar-refractivity contribution >= 4 is 50.3 Å². The second kappa shape index (κ2) is 9.44. The Labute approximate surface area is 201 Å². The summed E-state index contributed by atoms with van der Waals surface area (Å²) < 4.78 is 0.992. The van der Waals surface area contributed by atoms with E-state index in [0.717, 1.165) is 39.5 Å². The van der Waals surface area contributed by atoms with Crippen molar-refractivity contribution < 1.29 is 9.90 Å². The standard InChI is InChI=1S/C23H28N6O2S2/c1-13-11-29(12-19(13)30)21(31)14-3-6-18-20(7-14)33-23(28-18)27-16-5-4-15(8-16)26-22-24-9-17(32-2)10-25-22/h3,6-7,9-10,13,15-16,19,30H,4-5,8,11-12H2,1-2H3,(H,27,28)(H,24,25,26)/t13-,15-,16-,19-/m0/s1. The quantitative estimate of drug-likeness (QED) is 0.455. The molecule has 1 amide bonds. The molecule has 8 nitrogen and oxygen atoms in total. The average Bonchev–Trinajstić information content (AvgIpc) is 3.52. The number of carbonyl (C=O) groups is 1. The zero-order valence-electron chi connectivity index (χ0n) is 18.7. The number of hydrogen-bond donors (Lipinski definition) is 3. The first-order valence-corrected chi connectivity index (χ1v) is 13.3. The molecule has 3 N–H and O–H groups in total. The van der Waals surface area contributed by atoms with Crippen LogP contribution in [0, 0.1) is 5.92 Å². The number of anilines is 2. The fourth-order valence-corrected chi connectivity index (χ4v) is 5.81. The summed E-state index contributed by atoms with van der Waals surface area (Å²) in [6.45, 7) is 2.97. The summed E-state index contributed by atoms with van der Waals surface area (Å²) in [5, 5.41) is 17.9. The lowest BCUT2D eigenvalue weighted by atomic mass is 10.1. The minimum absolute atomic E-state index is 0.0271. The van der Waals surface area contributed by atoms with Crippen LogP contribution in [0.2, 0.25) is 0 Å². The number of nitrogens with one attached hydrogen (secondary N) is 2. The molecule has 174 valence electrons. The van der Waals surface area contributed by atoms with Crippen LogP contribution in [0.5, 0.6) is 0 Å². The van der Waals surface area contributed by atoms with Gasteiger partial charge in [-0.3, -0.25) is 4.79 Å². The molecular weight excluding hydrogens is 456 g/mol. The van der Waals surface area contributed by atoms with Gasteiger partial charge >= 0.3 is 0 Å². The molecule has 1 saturated carbocycles. The lowest BCUT2D eigenvalue weighted by molar-refractivity contribution is 0.0765. The van der Waals surface area contributed by atoms with E-state index in [1.807, 2.05) is 43.8 Å². The van der Waals surface area contributed by atoms with Gasteiger partial charge in [0.25, 0.3) is 5.91 Å². The van der Waals surface area contributed by atoms with Crippen LogP contribution in [-0.2, 0) is 0 Å². The molecule has 10 heteroatoms. The zero-order chi connectivity index (χ0) is 22.9. The number of nitrogens with zero attached hydrogens (tertiary/aromatic N) is 4. The topological polar surface area (TPSA) is 103 Å². The van der Waals surface area contributed by atoms with E-state index in [0.29, 0.717) is 36.7 Å². The number of carbonyl (C=O) groups excluding carboxylic acids is 1. The van der Waals surface area contributed by atoms with E-state index in [1.54, 1.807) is 28.0 Å². The molecule has 2 aromatic heterocycles. The fourth-order valence-electron chi connectivity index (χ4n) is 4.51. The largest absolute Gasteiger partial charge is 0.391 e. The van der Waals surface area contributed by atoms with E-state index in [4.69, 9.17) is 4.98 Å². The minimum Gasteiger partial charge on any atom is -0.391 e. The molecule has 1 aliphatic carbocycles. The smallest absolute Gasteiger partial charge is 0.254 e. The molecule has 0 radical (unpaired) electrons. The van der Waals surface area contributed by atoms with E-state index >= 15 is 0 Å². The van der Waals surface area contributed by atoms with Gasteiger partial charge in [0.1, 0.15) is 0 Å². The van der Waals surface area contributed by atoms with Gasteiger partial charge in [-0.15, -0.1) is 11.8 Å². The summed E-state index contributed by atoms with van der Waals surface area (Å²) in [6, 6.07) is 6.34. The number of fused-ring (bicyclic) bond motifs is 1. The van der Waals surface area contributed by atoms with E-state index in [9.17, 15) is 9.90 Å². The van der Waals surface area contributed by atoms with Crippen molar-refractivity contribution in [2.24, 2.45) is 5.92 Å². The Hall–Kier alpha value is -2.43. The van der Waals surface area contributed by atoms with E-state index in [1.165, 1.54) is 0 Å². The molecule has 1 aliphatic heterocycles. The highest BCUT2D eigenvalue weighted by molar-refractivity contribution is 7.98. The third kappa shape index (κ3) is 4.92. The van der Waals surface area contributed by atoms with E-state index in [2.05, 4.69) is 20.6 Å². The molecule has 2 fully saturated rings. The molecule has 0 bridgehead atoms. The van der Waals surface area contributed by atoms with E-state index < -0.39 is 6.10 Å². The molecule has 0 spiro atoms. The first-order chi connectivity index (χ1) is 16.0. The van der Waals surface area contributed by atoms with Gasteiger partial charge in [0.2, 0.25) is 5.95 Å². The Kier molecular flexibility index (Phi) is 6.40. The van der Waals surface area contributed by atoms with Crippen molar-refractivity contribution in [3.63, 3.8) is 0 Å². The predicted molar refractivity (Wildman–Crippen MR) is 133 cm³/mol. The Balaban J connectivity index is 1.20. The third-order valence-corrected chi connectivity index (χ3v) is 8.08. The van der Waals surface area contributed by atoms with Crippen LogP contribution in [-0.4, -0.2) is 68.4 Å². The molecular formula is C23H28N6O2S2. The highest BCUT2D eigenvalue weighted by Gasteiger charge is 2.31. The van der Waals surface area contributed by atoms with Crippen molar-refractivity contribution in [2.45, 2.75) is 49.3 Å². The highest BCUT2D eigenvalue weighted by atomic mass is 32.2. The molecule has 5 rings (SSSR count). The first-order valence-electron chi connectivity index (χ1n) is 11.3. The van der Waals surface area contributed by atoms with Gasteiger partial charge in [-0.1, -0.05) is 18.3 Å². The zero-order valence-corrected chi connectivity index (χ0v) is 20.3. The van der Waals surface area contributed by atoms with Crippen LogP contribution in [0.15, 0.2) is 35.5 Å². The summed E-state index contributed by atoms with van der Waals surface area (Å²) in [4.78, 5) is 29.2. The number of aromatic nitrogens is 3. The second-order valence-electron chi connectivity index (χ2n) is 8.90. The summed E-state index contributed by atoms with van der Waals surface area (Å²) in [7, 11) is 0. The number of benzene rings is 1. The predicted octanol–water partition coefficient (Wildman–Crippen LogP) is 3.71. The lowest BCUT2D eigenvalue weighted by Crippen LogP contribution is -2.29. The molecule has 1 aromatic carbocycles. The molecule has 1 saturated heterocycles. The van der Waals surface area contributed by atoms with Gasteiger partial charge < -0.3 is 20.6 Å². The molecule has 2 aliphatic rings. The maximum Gasteiger partial charge on any atom is 0.254 e. The molecule has 3 aromatic rings. The number of hydrogen-bond acceptors (Lipinski definition) is 9. The second-order valence-corrected chi connectivity index (χ2v) is 10.8. The number of aliphatic hydroxyl groups excluding tert-OH is 1. The van der Waals surface area contributed by atoms with Crippen LogP contribution in [0.4, 0.5) is 11.1 Å². The summed E-state index contributed by atoms with van der Waals surface area (Å²) in [5.74, 6) is 0.763. The SMILES string of the molecule is CSc1cnc(N[C@H]2CC[C@H](Nc3nc4ccc(C(=O)N5C[C@H](C)[C@@H](O)C5)cc4s3)C2)nc1. The van der Waals surface area contributed by atoms with Gasteiger partial charge in [0, 0.05) is 53.9 Å². The van der Waals surface area contributed by atoms with Gasteiger partial charge in [-0.2, -0.15) is 0 Å². The Bertz CT molecular complexity index is 1130. The van der Waals surface area contributed by atoms with Crippen molar-refractivity contribution in [1.82, 2.24) is 19.9 Å². The number of thioether (sulfide) groups is 1. The average molecular weight is 485 g/mol. The van der Waals surface area contributed by atoms with E-state index in [-0.39, 0.29) is 11.8 Å². The van der Waals surface area contributed by atoms with Crippen molar-refractivity contribution in [2.75, 3.05) is 30.0 Å². The van der Waals surface area contributed by atoms with Crippen LogP contribution in [0.3, 0.4) is 0 Å². The number of thiazole rings is 1. The number of likely N-dealkylation sites (tertiary alicyclic amines) is 1. The van der Waals surface area contributed by atoms with Crippen LogP contribution in [0.25, 0.3) is 10.2 Å². The number of rotatable bonds is 6. The molecule has 0 unspecified atom stereocenters. The van der Waals surface area contributed by atoms with Crippen molar-refractivity contribution in [3.05, 3.63) is 36.2 Å². The van der Waals surface area contributed by atoms with Crippen LogP contribution < -0.4 is 10.6 Å². The summed E-state index contributed by atoms with van der Waals surface area (Å²) >= 11 is 3.21. The molecule has 4 atom stereocenters. The van der Waals surface area contributed by atoms with Crippen molar-refractivity contribution in [1.29, 1.82) is 0 Å². The van der Waals surface area contributed by atoms with Gasteiger partial charge in [-0.05, 0) is 43.7 Å². The normalized spacial score (nSPS) is 25.0. The van der Waals surface area contributed by atoms with Crippen molar-refractivity contribution in [3.8, 4) is 0 Å². The number of amides is 1. The summed E-state index contributed by atoms with van der Waals surface area (Å²) in [5.41, 5.74) is 1.54. The number of aliphatic hydroxyl groups is 1. The lowest BCUT2D eigenvalue weighted by Gasteiger charge is -2.15. The highest BCUT2D eigenvalue weighted by Crippen LogP contribution is 2.31. The Morgan fingerprint density at radius 1 is 1.18 bits per heavy atom. The third-order valence-electron chi connectivity index (χ3n) is 6.45. The Morgan fingerprint density at radius 2 is 1.94 bits per heavy atom. The maximum absolute atomic E-state index is 12.9. The monoisotopic (exact) mass is 484 g/mol. The maximum atomic E-state index is 12.9. The Morgan fingerprint density at radius 3 is 2.64 bits per heavy atom. The first kappa shape index (κ1) is 22.4. The van der Waals surface area contributed by atoms with Crippen LogP contribution in [0.1, 0.15) is 36.5 Å². The molecule has 3 heterocycles. The van der Waals surface area contributed by atoms with Crippen LogP contribution >= 0.6 is 23.1 Å².